The lowest BCUT2D eigenvalue weighted by Crippen LogP contribution is -2.49. The summed E-state index contributed by atoms with van der Waals surface area (Å²) in [5.74, 6) is -0.216. The highest BCUT2D eigenvalue weighted by Gasteiger charge is 2.45. The number of hydrogen-bond donors (Lipinski definition) is 0. The molecule has 14 heavy (non-hydrogen) atoms. The Labute approximate surface area is 85.0 Å². The molecule has 0 amide bonds. The van der Waals surface area contributed by atoms with Gasteiger partial charge in [-0.2, -0.15) is 0 Å². The van der Waals surface area contributed by atoms with Crippen molar-refractivity contribution in [2.24, 2.45) is 0 Å². The van der Waals surface area contributed by atoms with E-state index in [-0.39, 0.29) is 5.97 Å². The average molecular weight is 195 g/mol. The molecule has 78 valence electrons. The molecule has 0 aromatic rings. The van der Waals surface area contributed by atoms with E-state index in [0.717, 1.165) is 19.4 Å². The number of nitrogens with zero attached hydrogens (tertiary/aromatic N) is 1. The number of hydrogen-bond acceptors (Lipinski definition) is 3. The van der Waals surface area contributed by atoms with Crippen LogP contribution < -0.4 is 0 Å². The molecule has 1 rings (SSSR count). The molecule has 0 bridgehead atoms. The maximum Gasteiger partial charge on any atom is 0.330 e. The molecular weight excluding hydrogens is 178 g/mol. The monoisotopic (exact) mass is 195 g/mol. The minimum Gasteiger partial charge on any atom is -0.467 e. The highest BCUT2D eigenvalue weighted by atomic mass is 16.5. The molecule has 0 spiro atoms. The minimum absolute atomic E-state index is 0.216. The van der Waals surface area contributed by atoms with Crippen molar-refractivity contribution in [1.29, 1.82) is 0 Å². The molecule has 1 aliphatic heterocycles. The molecular formula is C11H17NO2. The summed E-state index contributed by atoms with van der Waals surface area (Å²) in [6.45, 7) is 9.01. The molecule has 1 heterocycles. The van der Waals surface area contributed by atoms with E-state index in [9.17, 15) is 4.79 Å². The van der Waals surface area contributed by atoms with Gasteiger partial charge in [-0.3, -0.25) is 4.90 Å². The van der Waals surface area contributed by atoms with Crippen LogP contribution in [0.1, 0.15) is 12.8 Å². The summed E-state index contributed by atoms with van der Waals surface area (Å²) >= 11 is 0. The molecule has 3 heteroatoms. The lowest BCUT2D eigenvalue weighted by Gasteiger charge is -2.32. The van der Waals surface area contributed by atoms with Crippen LogP contribution in [0.25, 0.3) is 0 Å². The largest absolute Gasteiger partial charge is 0.467 e. The predicted molar refractivity (Wildman–Crippen MR) is 55.9 cm³/mol. The normalized spacial score (nSPS) is 27.2. The van der Waals surface area contributed by atoms with E-state index in [1.54, 1.807) is 12.2 Å². The SMILES string of the molecule is C=CCN1CCC[C@]1(C=C)C(=O)OC. The van der Waals surface area contributed by atoms with E-state index in [1.165, 1.54) is 7.11 Å². The van der Waals surface area contributed by atoms with Crippen LogP contribution in [-0.2, 0) is 9.53 Å². The van der Waals surface area contributed by atoms with Crippen molar-refractivity contribution >= 4 is 5.97 Å². The number of rotatable bonds is 4. The number of carbonyl (C=O) groups excluding carboxylic acids is 1. The van der Waals surface area contributed by atoms with E-state index in [2.05, 4.69) is 18.1 Å². The zero-order valence-electron chi connectivity index (χ0n) is 8.66. The van der Waals surface area contributed by atoms with Crippen LogP contribution in [0, 0.1) is 0 Å². The predicted octanol–water partition coefficient (Wildman–Crippen LogP) is 1.37. The van der Waals surface area contributed by atoms with E-state index in [0.29, 0.717) is 6.54 Å². The van der Waals surface area contributed by atoms with Crippen LogP contribution in [0.4, 0.5) is 0 Å². The molecule has 0 radical (unpaired) electrons. The first-order valence-corrected chi connectivity index (χ1v) is 4.79. The van der Waals surface area contributed by atoms with Gasteiger partial charge in [-0.25, -0.2) is 4.79 Å². The number of likely N-dealkylation sites (tertiary alicyclic amines) is 1. The van der Waals surface area contributed by atoms with Gasteiger partial charge in [0.15, 0.2) is 0 Å². The summed E-state index contributed by atoms with van der Waals surface area (Å²) in [5.41, 5.74) is -0.622. The van der Waals surface area contributed by atoms with Gasteiger partial charge in [0.25, 0.3) is 0 Å². The summed E-state index contributed by atoms with van der Waals surface area (Å²) < 4.78 is 4.82. The quantitative estimate of drug-likeness (QED) is 0.501. The summed E-state index contributed by atoms with van der Waals surface area (Å²) in [6, 6.07) is 0. The fraction of sp³-hybridized carbons (Fsp3) is 0.545. The van der Waals surface area contributed by atoms with Crippen molar-refractivity contribution in [2.45, 2.75) is 18.4 Å². The summed E-state index contributed by atoms with van der Waals surface area (Å²) in [5, 5.41) is 0. The number of esters is 1. The summed E-state index contributed by atoms with van der Waals surface area (Å²) in [6.07, 6.45) is 5.27. The minimum atomic E-state index is -0.622. The van der Waals surface area contributed by atoms with Crippen LogP contribution in [0.3, 0.4) is 0 Å². The van der Waals surface area contributed by atoms with Gasteiger partial charge in [-0.1, -0.05) is 12.2 Å². The molecule has 0 aromatic heterocycles. The second kappa shape index (κ2) is 4.42. The topological polar surface area (TPSA) is 29.5 Å². The molecule has 1 fully saturated rings. The van der Waals surface area contributed by atoms with Gasteiger partial charge in [0, 0.05) is 6.54 Å². The van der Waals surface area contributed by atoms with Gasteiger partial charge in [0.1, 0.15) is 5.54 Å². The molecule has 0 aromatic carbocycles. The first kappa shape index (κ1) is 11.0. The van der Waals surface area contributed by atoms with Gasteiger partial charge in [-0.05, 0) is 19.4 Å². The van der Waals surface area contributed by atoms with Crippen LogP contribution in [-0.4, -0.2) is 36.6 Å². The number of ether oxygens (including phenoxy) is 1. The van der Waals surface area contributed by atoms with E-state index >= 15 is 0 Å². The third-order valence-electron chi connectivity index (χ3n) is 2.78. The molecule has 1 aliphatic rings. The van der Waals surface area contributed by atoms with Crippen molar-refractivity contribution in [3.63, 3.8) is 0 Å². The molecule has 1 atom stereocenters. The molecule has 0 saturated carbocycles. The Morgan fingerprint density at radius 1 is 1.64 bits per heavy atom. The maximum absolute atomic E-state index is 11.7. The van der Waals surface area contributed by atoms with Gasteiger partial charge >= 0.3 is 5.97 Å². The Hall–Kier alpha value is -1.09. The second-order valence-electron chi connectivity index (χ2n) is 3.46. The van der Waals surface area contributed by atoms with Crippen molar-refractivity contribution in [3.8, 4) is 0 Å². The van der Waals surface area contributed by atoms with E-state index < -0.39 is 5.54 Å². The van der Waals surface area contributed by atoms with Gasteiger partial charge in [0.2, 0.25) is 0 Å². The average Bonchev–Trinajstić information content (AvgIpc) is 2.62. The van der Waals surface area contributed by atoms with Crippen molar-refractivity contribution in [2.75, 3.05) is 20.2 Å². The molecule has 0 unspecified atom stereocenters. The number of methoxy groups -OCH3 is 1. The Bertz CT molecular complexity index is 250. The highest BCUT2D eigenvalue weighted by molar-refractivity contribution is 5.83. The first-order chi connectivity index (χ1) is 6.71. The Balaban J connectivity index is 2.90. The lowest BCUT2D eigenvalue weighted by atomic mass is 9.96. The number of carbonyl (C=O) groups is 1. The first-order valence-electron chi connectivity index (χ1n) is 4.79. The molecule has 3 nitrogen and oxygen atoms in total. The smallest absolute Gasteiger partial charge is 0.330 e. The highest BCUT2D eigenvalue weighted by Crippen LogP contribution is 2.31. The van der Waals surface area contributed by atoms with Crippen LogP contribution in [0.5, 0.6) is 0 Å². The third kappa shape index (κ3) is 1.60. The van der Waals surface area contributed by atoms with Crippen molar-refractivity contribution in [3.05, 3.63) is 25.3 Å². The fourth-order valence-electron chi connectivity index (χ4n) is 2.03. The van der Waals surface area contributed by atoms with Crippen LogP contribution in [0.2, 0.25) is 0 Å². The second-order valence-corrected chi connectivity index (χ2v) is 3.46. The van der Waals surface area contributed by atoms with Gasteiger partial charge < -0.3 is 4.74 Å². The van der Waals surface area contributed by atoms with Crippen molar-refractivity contribution in [1.82, 2.24) is 4.90 Å². The Morgan fingerprint density at radius 2 is 2.36 bits per heavy atom. The van der Waals surface area contributed by atoms with Gasteiger partial charge in [-0.15, -0.1) is 13.2 Å². The Morgan fingerprint density at radius 3 is 2.86 bits per heavy atom. The summed E-state index contributed by atoms with van der Waals surface area (Å²) in [7, 11) is 1.41. The van der Waals surface area contributed by atoms with Crippen LogP contribution >= 0.6 is 0 Å². The maximum atomic E-state index is 11.7. The standard InChI is InChI=1S/C11H17NO2/c1-4-8-12-9-6-7-11(12,5-2)10(13)14-3/h4-5H,1-2,6-9H2,3H3/t11-/m1/s1. The zero-order chi connectivity index (χ0) is 10.6. The Kier molecular flexibility index (Phi) is 3.47. The molecule has 0 N–H and O–H groups in total. The fourth-order valence-corrected chi connectivity index (χ4v) is 2.03. The summed E-state index contributed by atoms with van der Waals surface area (Å²) in [4.78, 5) is 13.7. The molecule has 1 saturated heterocycles. The van der Waals surface area contributed by atoms with Gasteiger partial charge in [0.05, 0.1) is 7.11 Å². The zero-order valence-corrected chi connectivity index (χ0v) is 8.66. The van der Waals surface area contributed by atoms with E-state index in [4.69, 9.17) is 4.74 Å². The van der Waals surface area contributed by atoms with Crippen LogP contribution in [0.15, 0.2) is 25.3 Å². The van der Waals surface area contributed by atoms with E-state index in [1.807, 2.05) is 0 Å². The molecule has 0 aliphatic carbocycles. The third-order valence-corrected chi connectivity index (χ3v) is 2.78. The lowest BCUT2D eigenvalue weighted by molar-refractivity contribution is -0.150. The van der Waals surface area contributed by atoms with Crippen molar-refractivity contribution < 1.29 is 9.53 Å².